The van der Waals surface area contributed by atoms with Crippen molar-refractivity contribution in [1.29, 1.82) is 0 Å². The minimum Gasteiger partial charge on any atom is -0.356 e. The third kappa shape index (κ3) is 1.44. The van der Waals surface area contributed by atoms with Gasteiger partial charge >= 0.3 is 0 Å². The van der Waals surface area contributed by atoms with E-state index in [-0.39, 0.29) is 0 Å². The van der Waals surface area contributed by atoms with Crippen molar-refractivity contribution < 1.29 is 0 Å². The van der Waals surface area contributed by atoms with Crippen molar-refractivity contribution in [2.45, 2.75) is 26.3 Å². The Bertz CT molecular complexity index is 451. The van der Waals surface area contributed by atoms with Gasteiger partial charge in [-0.25, -0.2) is 4.99 Å². The molecule has 0 bridgehead atoms. The van der Waals surface area contributed by atoms with Crippen LogP contribution in [0.3, 0.4) is 0 Å². The van der Waals surface area contributed by atoms with Crippen molar-refractivity contribution in [1.82, 2.24) is 4.90 Å². The summed E-state index contributed by atoms with van der Waals surface area (Å²) in [6, 6.07) is 4.00. The fourth-order valence-corrected chi connectivity index (χ4v) is 2.67. The van der Waals surface area contributed by atoms with Crippen LogP contribution in [0.4, 0.5) is 5.69 Å². The summed E-state index contributed by atoms with van der Waals surface area (Å²) in [4.78, 5) is 7.07. The van der Waals surface area contributed by atoms with E-state index in [4.69, 9.17) is 11.6 Å². The van der Waals surface area contributed by atoms with Crippen molar-refractivity contribution in [3.05, 3.63) is 28.3 Å². The Morgan fingerprint density at radius 3 is 3.13 bits per heavy atom. The molecule has 2 aliphatic rings. The molecule has 0 unspecified atom stereocenters. The zero-order valence-electron chi connectivity index (χ0n) is 8.76. The Morgan fingerprint density at radius 1 is 1.40 bits per heavy atom. The van der Waals surface area contributed by atoms with Gasteiger partial charge in [0.15, 0.2) is 0 Å². The SMILES string of the molecule is Cc1cc(Cl)cc2c1CN1CCCC1=N2. The van der Waals surface area contributed by atoms with E-state index >= 15 is 0 Å². The maximum atomic E-state index is 6.04. The van der Waals surface area contributed by atoms with E-state index in [1.54, 1.807) is 0 Å². The summed E-state index contributed by atoms with van der Waals surface area (Å²) in [5.74, 6) is 1.24. The second-order valence-corrected chi connectivity index (χ2v) is 4.71. The van der Waals surface area contributed by atoms with Crippen LogP contribution in [0.15, 0.2) is 17.1 Å². The topological polar surface area (TPSA) is 15.6 Å². The van der Waals surface area contributed by atoms with Crippen LogP contribution >= 0.6 is 11.6 Å². The molecule has 2 aliphatic heterocycles. The Balaban J connectivity index is 2.15. The van der Waals surface area contributed by atoms with Gasteiger partial charge in [0, 0.05) is 30.1 Å². The summed E-state index contributed by atoms with van der Waals surface area (Å²) in [5.41, 5.74) is 3.67. The Morgan fingerprint density at radius 2 is 2.27 bits per heavy atom. The number of hydrogen-bond donors (Lipinski definition) is 0. The predicted molar refractivity (Wildman–Crippen MR) is 62.9 cm³/mol. The maximum absolute atomic E-state index is 6.04. The third-order valence-electron chi connectivity index (χ3n) is 3.21. The van der Waals surface area contributed by atoms with Gasteiger partial charge in [-0.15, -0.1) is 0 Å². The summed E-state index contributed by atoms with van der Waals surface area (Å²) in [6.45, 7) is 4.28. The number of benzene rings is 1. The molecule has 0 N–H and O–H groups in total. The molecule has 0 radical (unpaired) electrons. The molecule has 3 rings (SSSR count). The highest BCUT2D eigenvalue weighted by Crippen LogP contribution is 2.34. The quantitative estimate of drug-likeness (QED) is 0.655. The molecule has 3 heteroatoms. The van der Waals surface area contributed by atoms with Gasteiger partial charge in [-0.1, -0.05) is 11.6 Å². The van der Waals surface area contributed by atoms with Crippen LogP contribution in [0.25, 0.3) is 0 Å². The Labute approximate surface area is 94.6 Å². The predicted octanol–water partition coefficient (Wildman–Crippen LogP) is 3.29. The lowest BCUT2D eigenvalue weighted by Gasteiger charge is -2.26. The first-order chi connectivity index (χ1) is 7.24. The van der Waals surface area contributed by atoms with Crippen LogP contribution in [0.2, 0.25) is 5.02 Å². The van der Waals surface area contributed by atoms with Crippen LogP contribution in [-0.4, -0.2) is 17.3 Å². The normalized spacial score (nSPS) is 18.5. The fourth-order valence-electron chi connectivity index (χ4n) is 2.40. The Hall–Kier alpha value is -1.02. The third-order valence-corrected chi connectivity index (χ3v) is 3.42. The molecule has 2 nitrogen and oxygen atoms in total. The first kappa shape index (κ1) is 9.22. The van der Waals surface area contributed by atoms with Crippen molar-refractivity contribution >= 4 is 23.1 Å². The van der Waals surface area contributed by atoms with Gasteiger partial charge < -0.3 is 4.90 Å². The number of rotatable bonds is 0. The molecule has 1 saturated heterocycles. The van der Waals surface area contributed by atoms with Crippen molar-refractivity contribution in [2.75, 3.05) is 6.54 Å². The summed E-state index contributed by atoms with van der Waals surface area (Å²) in [7, 11) is 0. The molecule has 1 fully saturated rings. The maximum Gasteiger partial charge on any atom is 0.105 e. The minimum absolute atomic E-state index is 0.794. The molecule has 15 heavy (non-hydrogen) atoms. The van der Waals surface area contributed by atoms with Crippen LogP contribution in [0, 0.1) is 6.92 Å². The monoisotopic (exact) mass is 220 g/mol. The highest BCUT2D eigenvalue weighted by atomic mass is 35.5. The lowest BCUT2D eigenvalue weighted by molar-refractivity contribution is 0.442. The van der Waals surface area contributed by atoms with E-state index in [2.05, 4.69) is 16.8 Å². The van der Waals surface area contributed by atoms with Crippen molar-refractivity contribution in [2.24, 2.45) is 4.99 Å². The minimum atomic E-state index is 0.794. The average molecular weight is 221 g/mol. The van der Waals surface area contributed by atoms with Gasteiger partial charge in [0.05, 0.1) is 5.69 Å². The van der Waals surface area contributed by atoms with E-state index < -0.39 is 0 Å². The standard InChI is InChI=1S/C12H13ClN2/c1-8-5-9(13)6-11-10(8)7-15-4-2-3-12(15)14-11/h5-6H,2-4,7H2,1H3. The first-order valence-corrected chi connectivity index (χ1v) is 5.73. The van der Waals surface area contributed by atoms with Crippen LogP contribution in [-0.2, 0) is 6.54 Å². The lowest BCUT2D eigenvalue weighted by atomic mass is 10.0. The van der Waals surface area contributed by atoms with Crippen LogP contribution < -0.4 is 0 Å². The van der Waals surface area contributed by atoms with Crippen LogP contribution in [0.5, 0.6) is 0 Å². The molecule has 0 atom stereocenters. The lowest BCUT2D eigenvalue weighted by Crippen LogP contribution is -2.27. The highest BCUT2D eigenvalue weighted by Gasteiger charge is 2.24. The van der Waals surface area contributed by atoms with Gasteiger partial charge in [0.25, 0.3) is 0 Å². The summed E-state index contributed by atoms with van der Waals surface area (Å²) in [6.07, 6.45) is 2.35. The van der Waals surface area contributed by atoms with Gasteiger partial charge in [-0.3, -0.25) is 0 Å². The number of halogens is 1. The number of aryl methyl sites for hydroxylation is 1. The zero-order chi connectivity index (χ0) is 10.4. The molecule has 0 amide bonds. The first-order valence-electron chi connectivity index (χ1n) is 5.35. The van der Waals surface area contributed by atoms with Gasteiger partial charge in [-0.05, 0) is 31.0 Å². The van der Waals surface area contributed by atoms with Gasteiger partial charge in [-0.2, -0.15) is 0 Å². The summed E-state index contributed by atoms with van der Waals surface area (Å²) >= 11 is 6.04. The van der Waals surface area contributed by atoms with Crippen LogP contribution in [0.1, 0.15) is 24.0 Å². The fraction of sp³-hybridized carbons (Fsp3) is 0.417. The van der Waals surface area contributed by atoms with Crippen molar-refractivity contribution in [3.8, 4) is 0 Å². The second kappa shape index (κ2) is 3.24. The highest BCUT2D eigenvalue weighted by molar-refractivity contribution is 6.31. The molecule has 0 spiro atoms. The molecule has 78 valence electrons. The van der Waals surface area contributed by atoms with E-state index in [9.17, 15) is 0 Å². The molecule has 0 saturated carbocycles. The van der Waals surface area contributed by atoms with Gasteiger partial charge in [0.2, 0.25) is 0 Å². The Kier molecular flexibility index (Phi) is 1.99. The van der Waals surface area contributed by atoms with E-state index in [1.165, 1.54) is 23.4 Å². The molecule has 1 aromatic rings. The number of fused-ring (bicyclic) bond motifs is 2. The number of nitrogens with zero attached hydrogens (tertiary/aromatic N) is 2. The molecule has 2 heterocycles. The summed E-state index contributed by atoms with van der Waals surface area (Å²) < 4.78 is 0. The smallest absolute Gasteiger partial charge is 0.105 e. The number of hydrogen-bond acceptors (Lipinski definition) is 2. The largest absolute Gasteiger partial charge is 0.356 e. The van der Waals surface area contributed by atoms with E-state index in [0.29, 0.717) is 0 Å². The molecule has 0 aliphatic carbocycles. The zero-order valence-corrected chi connectivity index (χ0v) is 9.51. The second-order valence-electron chi connectivity index (χ2n) is 4.27. The summed E-state index contributed by atoms with van der Waals surface area (Å²) in [5, 5.41) is 0.794. The molecule has 0 aromatic heterocycles. The molecule has 1 aromatic carbocycles. The number of aliphatic imine (C=N–C) groups is 1. The molecular weight excluding hydrogens is 208 g/mol. The molecular formula is C12H13ClN2. The average Bonchev–Trinajstić information content (AvgIpc) is 2.61. The van der Waals surface area contributed by atoms with E-state index in [0.717, 1.165) is 30.2 Å². The van der Waals surface area contributed by atoms with Crippen molar-refractivity contribution in [3.63, 3.8) is 0 Å². The van der Waals surface area contributed by atoms with E-state index in [1.807, 2.05) is 12.1 Å². The number of amidine groups is 1. The van der Waals surface area contributed by atoms with Gasteiger partial charge in [0.1, 0.15) is 5.84 Å².